The molecular weight excluding hydrogens is 471 g/mol. The summed E-state index contributed by atoms with van der Waals surface area (Å²) in [6.45, 7) is 0.336. The third-order valence-corrected chi connectivity index (χ3v) is 5.38. The minimum atomic E-state index is -4.91. The number of Topliss-reactive ketones (excluding diaryl/α,β-unsaturated/α-hetero) is 2. The summed E-state index contributed by atoms with van der Waals surface area (Å²) in [7, 11) is 1.33. The molecule has 4 rings (SSSR count). The van der Waals surface area contributed by atoms with Crippen molar-refractivity contribution in [2.75, 3.05) is 7.11 Å². The zero-order chi connectivity index (χ0) is 24.5. The zero-order valence-electron chi connectivity index (χ0n) is 17.7. The van der Waals surface area contributed by atoms with Gasteiger partial charge in [-0.3, -0.25) is 9.59 Å². The number of alkyl halides is 3. The van der Waals surface area contributed by atoms with Crippen LogP contribution in [-0.2, 0) is 6.54 Å². The van der Waals surface area contributed by atoms with E-state index < -0.39 is 23.7 Å². The Kier molecular flexibility index (Phi) is 6.34. The molecule has 0 aliphatic carbocycles. The topological polar surface area (TPSA) is 57.5 Å². The third-order valence-electron chi connectivity index (χ3n) is 5.14. The fourth-order valence-corrected chi connectivity index (χ4v) is 3.82. The van der Waals surface area contributed by atoms with Gasteiger partial charge in [0, 0.05) is 28.7 Å². The Balaban J connectivity index is 1.81. The second kappa shape index (κ2) is 9.23. The Bertz CT molecular complexity index is 1380. The molecule has 0 atom stereocenters. The second-order valence-corrected chi connectivity index (χ2v) is 7.82. The molecule has 174 valence electrons. The molecule has 0 aliphatic rings. The fraction of sp³-hybridized carbons (Fsp3) is 0.120. The van der Waals surface area contributed by atoms with Crippen LogP contribution in [0.2, 0.25) is 5.02 Å². The molecule has 3 aromatic carbocycles. The van der Waals surface area contributed by atoms with Gasteiger partial charge in [-0.05, 0) is 42.0 Å². The molecule has 0 saturated carbocycles. The van der Waals surface area contributed by atoms with E-state index in [1.807, 2.05) is 30.3 Å². The SMILES string of the molecule is COc1cc(Cl)ccc1C(=O)C(=O)c1cn(Cc2ccccc2)c2ccc(OC(F)(F)F)cc12. The Morgan fingerprint density at radius 2 is 1.65 bits per heavy atom. The first kappa shape index (κ1) is 23.4. The largest absolute Gasteiger partial charge is 0.573 e. The van der Waals surface area contributed by atoms with Crippen LogP contribution in [0.3, 0.4) is 0 Å². The maximum atomic E-state index is 13.3. The van der Waals surface area contributed by atoms with Gasteiger partial charge in [-0.25, -0.2) is 0 Å². The van der Waals surface area contributed by atoms with E-state index in [1.54, 1.807) is 4.57 Å². The van der Waals surface area contributed by atoms with Gasteiger partial charge in [0.05, 0.1) is 18.2 Å². The van der Waals surface area contributed by atoms with Crippen LogP contribution in [0.1, 0.15) is 26.3 Å². The highest BCUT2D eigenvalue weighted by Gasteiger charge is 2.32. The summed E-state index contributed by atoms with van der Waals surface area (Å²) in [4.78, 5) is 26.3. The Labute approximate surface area is 197 Å². The Morgan fingerprint density at radius 1 is 0.941 bits per heavy atom. The predicted octanol–water partition coefficient (Wildman–Crippen LogP) is 6.32. The fourth-order valence-electron chi connectivity index (χ4n) is 3.66. The number of nitrogens with zero attached hydrogens (tertiary/aromatic N) is 1. The van der Waals surface area contributed by atoms with Crippen molar-refractivity contribution in [1.82, 2.24) is 4.57 Å². The number of ether oxygens (including phenoxy) is 2. The van der Waals surface area contributed by atoms with Crippen molar-refractivity contribution in [1.29, 1.82) is 0 Å². The van der Waals surface area contributed by atoms with Gasteiger partial charge in [0.15, 0.2) is 0 Å². The molecule has 0 fully saturated rings. The number of hydrogen-bond donors (Lipinski definition) is 0. The zero-order valence-corrected chi connectivity index (χ0v) is 18.5. The number of rotatable bonds is 7. The van der Waals surface area contributed by atoms with Gasteiger partial charge in [-0.2, -0.15) is 0 Å². The monoisotopic (exact) mass is 487 g/mol. The van der Waals surface area contributed by atoms with Gasteiger partial charge in [-0.15, -0.1) is 13.2 Å². The second-order valence-electron chi connectivity index (χ2n) is 7.39. The Hall–Kier alpha value is -3.78. The first-order valence-electron chi connectivity index (χ1n) is 10.0. The van der Waals surface area contributed by atoms with Gasteiger partial charge in [0.2, 0.25) is 11.6 Å². The maximum Gasteiger partial charge on any atom is 0.573 e. The summed E-state index contributed by atoms with van der Waals surface area (Å²) < 4.78 is 49.3. The number of carbonyl (C=O) groups excluding carboxylic acids is 2. The van der Waals surface area contributed by atoms with Crippen LogP contribution in [0, 0.1) is 0 Å². The van der Waals surface area contributed by atoms with Crippen molar-refractivity contribution in [3.8, 4) is 11.5 Å². The van der Waals surface area contributed by atoms with E-state index in [-0.39, 0.29) is 22.3 Å². The van der Waals surface area contributed by atoms with E-state index >= 15 is 0 Å². The molecule has 34 heavy (non-hydrogen) atoms. The molecule has 0 N–H and O–H groups in total. The number of fused-ring (bicyclic) bond motifs is 1. The molecule has 0 bridgehead atoms. The lowest BCUT2D eigenvalue weighted by Crippen LogP contribution is -2.17. The van der Waals surface area contributed by atoms with Gasteiger partial charge in [0.1, 0.15) is 11.5 Å². The van der Waals surface area contributed by atoms with Crippen molar-refractivity contribution in [2.45, 2.75) is 12.9 Å². The highest BCUT2D eigenvalue weighted by Crippen LogP contribution is 2.32. The summed E-state index contributed by atoms with van der Waals surface area (Å²) in [6, 6.07) is 17.2. The average molecular weight is 488 g/mol. The molecular formula is C25H17ClF3NO4. The van der Waals surface area contributed by atoms with Gasteiger partial charge in [0.25, 0.3) is 0 Å². The minimum Gasteiger partial charge on any atom is -0.496 e. The maximum absolute atomic E-state index is 13.3. The molecule has 0 saturated heterocycles. The summed E-state index contributed by atoms with van der Waals surface area (Å²) in [5, 5.41) is 0.471. The minimum absolute atomic E-state index is 0.0106. The molecule has 5 nitrogen and oxygen atoms in total. The quantitative estimate of drug-likeness (QED) is 0.226. The molecule has 1 heterocycles. The van der Waals surface area contributed by atoms with Crippen molar-refractivity contribution in [3.63, 3.8) is 0 Å². The lowest BCUT2D eigenvalue weighted by Gasteiger charge is -2.10. The van der Waals surface area contributed by atoms with Crippen LogP contribution >= 0.6 is 11.6 Å². The summed E-state index contributed by atoms with van der Waals surface area (Å²) in [5.74, 6) is -2.17. The number of aromatic nitrogens is 1. The molecule has 0 aliphatic heterocycles. The highest BCUT2D eigenvalue weighted by molar-refractivity contribution is 6.51. The lowest BCUT2D eigenvalue weighted by molar-refractivity contribution is -0.274. The van der Waals surface area contributed by atoms with Gasteiger partial charge < -0.3 is 14.0 Å². The van der Waals surface area contributed by atoms with E-state index in [9.17, 15) is 22.8 Å². The summed E-state index contributed by atoms with van der Waals surface area (Å²) in [5.41, 5.74) is 1.31. The molecule has 0 unspecified atom stereocenters. The number of benzene rings is 3. The van der Waals surface area contributed by atoms with E-state index in [0.717, 1.165) is 17.7 Å². The molecule has 0 spiro atoms. The molecule has 0 radical (unpaired) electrons. The first-order valence-corrected chi connectivity index (χ1v) is 10.4. The van der Waals surface area contributed by atoms with E-state index in [0.29, 0.717) is 17.1 Å². The van der Waals surface area contributed by atoms with E-state index in [4.69, 9.17) is 16.3 Å². The van der Waals surface area contributed by atoms with Crippen LogP contribution in [0.25, 0.3) is 10.9 Å². The number of methoxy groups -OCH3 is 1. The number of ketones is 2. The van der Waals surface area contributed by atoms with Crippen molar-refractivity contribution in [3.05, 3.63) is 94.6 Å². The molecule has 0 amide bonds. The first-order chi connectivity index (χ1) is 16.2. The van der Waals surface area contributed by atoms with Crippen molar-refractivity contribution >= 4 is 34.1 Å². The van der Waals surface area contributed by atoms with Crippen LogP contribution in [0.15, 0.2) is 72.9 Å². The number of hydrogen-bond acceptors (Lipinski definition) is 4. The van der Waals surface area contributed by atoms with Crippen molar-refractivity contribution in [2.24, 2.45) is 0 Å². The van der Waals surface area contributed by atoms with E-state index in [1.165, 1.54) is 37.6 Å². The highest BCUT2D eigenvalue weighted by atomic mass is 35.5. The Morgan fingerprint density at radius 3 is 2.32 bits per heavy atom. The smallest absolute Gasteiger partial charge is 0.496 e. The molecule has 4 aromatic rings. The molecule has 9 heteroatoms. The van der Waals surface area contributed by atoms with Crippen LogP contribution < -0.4 is 9.47 Å². The number of carbonyl (C=O) groups is 2. The molecule has 1 aromatic heterocycles. The van der Waals surface area contributed by atoms with E-state index in [2.05, 4.69) is 4.74 Å². The van der Waals surface area contributed by atoms with Gasteiger partial charge >= 0.3 is 6.36 Å². The third kappa shape index (κ3) is 4.92. The predicted molar refractivity (Wildman–Crippen MR) is 121 cm³/mol. The summed E-state index contributed by atoms with van der Waals surface area (Å²) >= 11 is 5.94. The number of halogens is 4. The standard InChI is InChI=1S/C25H17ClF3NO4/c1-33-22-11-16(26)7-9-18(22)23(31)24(32)20-14-30(13-15-5-3-2-4-6-15)21-10-8-17(12-19(20)21)34-25(27,28)29/h2-12,14H,13H2,1H3. The van der Waals surface area contributed by atoms with Gasteiger partial charge in [-0.1, -0.05) is 41.9 Å². The summed E-state index contributed by atoms with van der Waals surface area (Å²) in [6.07, 6.45) is -3.45. The van der Waals surface area contributed by atoms with Crippen LogP contribution in [0.4, 0.5) is 13.2 Å². The van der Waals surface area contributed by atoms with Crippen LogP contribution in [0.5, 0.6) is 11.5 Å². The van der Waals surface area contributed by atoms with Crippen LogP contribution in [-0.4, -0.2) is 29.6 Å². The lowest BCUT2D eigenvalue weighted by atomic mass is 10.00. The average Bonchev–Trinajstić information content (AvgIpc) is 3.15. The van der Waals surface area contributed by atoms with Crippen molar-refractivity contribution < 1.29 is 32.2 Å². The normalized spacial score (nSPS) is 11.4.